The van der Waals surface area contributed by atoms with E-state index in [4.69, 9.17) is 0 Å². The van der Waals surface area contributed by atoms with Crippen molar-refractivity contribution in [3.05, 3.63) is 70.8 Å². The zero-order chi connectivity index (χ0) is 14.4. The van der Waals surface area contributed by atoms with Crippen molar-refractivity contribution in [3.8, 4) is 0 Å². The van der Waals surface area contributed by atoms with Gasteiger partial charge in [0.15, 0.2) is 0 Å². The summed E-state index contributed by atoms with van der Waals surface area (Å²) in [7, 11) is 0. The second kappa shape index (κ2) is 7.25. The summed E-state index contributed by atoms with van der Waals surface area (Å²) < 4.78 is 0. The highest BCUT2D eigenvalue weighted by molar-refractivity contribution is 5.29. The molecule has 2 aromatic carbocycles. The maximum Gasteiger partial charge on any atom is 0.0240 e. The van der Waals surface area contributed by atoms with Crippen molar-refractivity contribution < 1.29 is 0 Å². The van der Waals surface area contributed by atoms with Crippen LogP contribution in [0, 0.1) is 6.92 Å². The van der Waals surface area contributed by atoms with E-state index in [0.29, 0.717) is 0 Å². The van der Waals surface area contributed by atoms with E-state index in [9.17, 15) is 0 Å². The second-order valence-corrected chi connectivity index (χ2v) is 5.21. The van der Waals surface area contributed by atoms with Crippen LogP contribution in [0.1, 0.15) is 36.1 Å². The molecule has 0 fully saturated rings. The summed E-state index contributed by atoms with van der Waals surface area (Å²) in [6.45, 7) is 9.46. The van der Waals surface area contributed by atoms with Crippen LogP contribution in [0.3, 0.4) is 0 Å². The Kier molecular flexibility index (Phi) is 5.37. The quantitative estimate of drug-likeness (QED) is 0.770. The molecule has 0 spiro atoms. The third kappa shape index (κ3) is 3.71. The van der Waals surface area contributed by atoms with Gasteiger partial charge in [-0.15, -0.1) is 0 Å². The molecule has 0 aromatic heterocycles. The Morgan fingerprint density at radius 1 is 0.900 bits per heavy atom. The van der Waals surface area contributed by atoms with Crippen LogP contribution >= 0.6 is 0 Å². The Balaban J connectivity index is 0.000000704. The molecule has 1 aliphatic rings. The molecule has 1 heteroatoms. The van der Waals surface area contributed by atoms with Gasteiger partial charge in [0, 0.05) is 19.6 Å². The smallest absolute Gasteiger partial charge is 0.0240 e. The Bertz CT molecular complexity index is 528. The Labute approximate surface area is 123 Å². The molecule has 1 nitrogen and oxygen atoms in total. The van der Waals surface area contributed by atoms with E-state index in [2.05, 4.69) is 60.4 Å². The Morgan fingerprint density at radius 2 is 1.55 bits per heavy atom. The van der Waals surface area contributed by atoms with Gasteiger partial charge in [-0.1, -0.05) is 67.9 Å². The molecule has 0 saturated heterocycles. The van der Waals surface area contributed by atoms with Gasteiger partial charge in [-0.05, 0) is 30.0 Å². The van der Waals surface area contributed by atoms with E-state index in [1.165, 1.54) is 35.2 Å². The lowest BCUT2D eigenvalue weighted by atomic mass is 9.99. The minimum Gasteiger partial charge on any atom is -0.294 e. The average Bonchev–Trinajstić information content (AvgIpc) is 2.51. The fourth-order valence-corrected chi connectivity index (χ4v) is 2.64. The highest BCUT2D eigenvalue weighted by atomic mass is 15.1. The molecule has 106 valence electrons. The van der Waals surface area contributed by atoms with Gasteiger partial charge in [0.05, 0.1) is 0 Å². The molecular weight excluding hydrogens is 242 g/mol. The molecule has 0 amide bonds. The zero-order valence-corrected chi connectivity index (χ0v) is 12.9. The van der Waals surface area contributed by atoms with Gasteiger partial charge in [0.25, 0.3) is 0 Å². The molecule has 0 radical (unpaired) electrons. The van der Waals surface area contributed by atoms with Crippen molar-refractivity contribution in [2.24, 2.45) is 0 Å². The van der Waals surface area contributed by atoms with Crippen LogP contribution in [0.2, 0.25) is 0 Å². The van der Waals surface area contributed by atoms with Crippen LogP contribution in [-0.2, 0) is 19.5 Å². The highest BCUT2D eigenvalue weighted by Crippen LogP contribution is 2.20. The van der Waals surface area contributed by atoms with Crippen LogP contribution in [0.15, 0.2) is 48.5 Å². The van der Waals surface area contributed by atoms with E-state index >= 15 is 0 Å². The maximum atomic E-state index is 2.53. The minimum atomic E-state index is 1.06. The minimum absolute atomic E-state index is 1.06. The largest absolute Gasteiger partial charge is 0.294 e. The molecule has 0 bridgehead atoms. The summed E-state index contributed by atoms with van der Waals surface area (Å²) in [5, 5.41) is 0. The predicted molar refractivity (Wildman–Crippen MR) is 86.8 cm³/mol. The van der Waals surface area contributed by atoms with E-state index < -0.39 is 0 Å². The highest BCUT2D eigenvalue weighted by Gasteiger charge is 2.15. The maximum absolute atomic E-state index is 2.53. The first-order valence-electron chi connectivity index (χ1n) is 7.66. The van der Waals surface area contributed by atoms with Gasteiger partial charge in [0.2, 0.25) is 0 Å². The van der Waals surface area contributed by atoms with E-state index in [0.717, 1.165) is 13.1 Å². The molecular formula is C19H25N. The number of fused-ring (bicyclic) bond motifs is 1. The van der Waals surface area contributed by atoms with Crippen molar-refractivity contribution in [2.75, 3.05) is 6.54 Å². The molecule has 1 heterocycles. The van der Waals surface area contributed by atoms with Crippen LogP contribution in [0.4, 0.5) is 0 Å². The third-order valence-corrected chi connectivity index (χ3v) is 3.74. The first-order valence-corrected chi connectivity index (χ1v) is 7.66. The van der Waals surface area contributed by atoms with Crippen LogP contribution in [0.5, 0.6) is 0 Å². The summed E-state index contributed by atoms with van der Waals surface area (Å²) in [6.07, 6.45) is 1.18. The van der Waals surface area contributed by atoms with Gasteiger partial charge in [-0.3, -0.25) is 4.90 Å². The molecule has 0 aliphatic carbocycles. The summed E-state index contributed by atoms with van der Waals surface area (Å²) in [6, 6.07) is 17.7. The van der Waals surface area contributed by atoms with Crippen molar-refractivity contribution in [2.45, 2.75) is 40.3 Å². The Hall–Kier alpha value is -1.60. The van der Waals surface area contributed by atoms with Gasteiger partial charge >= 0.3 is 0 Å². The molecule has 0 atom stereocenters. The Morgan fingerprint density at radius 3 is 2.25 bits per heavy atom. The lowest BCUT2D eigenvalue weighted by Crippen LogP contribution is -2.29. The number of benzene rings is 2. The van der Waals surface area contributed by atoms with Crippen molar-refractivity contribution in [1.82, 2.24) is 4.90 Å². The molecule has 0 N–H and O–H groups in total. The lowest BCUT2D eigenvalue weighted by Gasteiger charge is -2.28. The summed E-state index contributed by atoms with van der Waals surface area (Å²) >= 11 is 0. The van der Waals surface area contributed by atoms with Crippen LogP contribution in [0.25, 0.3) is 0 Å². The number of hydrogen-bond donors (Lipinski definition) is 0. The molecule has 0 saturated carbocycles. The molecule has 20 heavy (non-hydrogen) atoms. The van der Waals surface area contributed by atoms with Gasteiger partial charge in [0.1, 0.15) is 0 Å². The number of nitrogens with zero attached hydrogens (tertiary/aromatic N) is 1. The first-order chi connectivity index (χ1) is 9.81. The molecule has 3 rings (SSSR count). The summed E-state index contributed by atoms with van der Waals surface area (Å²) in [5.41, 5.74) is 5.77. The fourth-order valence-electron chi connectivity index (χ4n) is 2.64. The molecule has 2 aromatic rings. The van der Waals surface area contributed by atoms with Gasteiger partial charge in [-0.25, -0.2) is 0 Å². The lowest BCUT2D eigenvalue weighted by molar-refractivity contribution is 0.245. The van der Waals surface area contributed by atoms with E-state index in [1.54, 1.807) is 0 Å². The number of hydrogen-bond acceptors (Lipinski definition) is 1. The van der Waals surface area contributed by atoms with Gasteiger partial charge in [-0.2, -0.15) is 0 Å². The zero-order valence-electron chi connectivity index (χ0n) is 12.9. The van der Waals surface area contributed by atoms with Crippen molar-refractivity contribution in [1.29, 1.82) is 0 Å². The topological polar surface area (TPSA) is 3.24 Å². The fraction of sp³-hybridized carbons (Fsp3) is 0.368. The average molecular weight is 267 g/mol. The van der Waals surface area contributed by atoms with Crippen molar-refractivity contribution in [3.63, 3.8) is 0 Å². The molecule has 1 aliphatic heterocycles. The second-order valence-electron chi connectivity index (χ2n) is 5.21. The summed E-state index contributed by atoms with van der Waals surface area (Å²) in [5.74, 6) is 0. The third-order valence-electron chi connectivity index (χ3n) is 3.74. The normalized spacial score (nSPS) is 14.2. The SMILES string of the molecule is CC.Cc1ccc(CN2CCc3ccccc3C2)cc1. The van der Waals surface area contributed by atoms with E-state index in [1.807, 2.05) is 13.8 Å². The summed E-state index contributed by atoms with van der Waals surface area (Å²) in [4.78, 5) is 2.53. The van der Waals surface area contributed by atoms with Crippen LogP contribution < -0.4 is 0 Å². The van der Waals surface area contributed by atoms with Crippen molar-refractivity contribution >= 4 is 0 Å². The monoisotopic (exact) mass is 267 g/mol. The number of rotatable bonds is 2. The first kappa shape index (κ1) is 14.8. The van der Waals surface area contributed by atoms with E-state index in [-0.39, 0.29) is 0 Å². The standard InChI is InChI=1S/C17H19N.C2H6/c1-14-6-8-15(9-7-14)12-18-11-10-16-4-2-3-5-17(16)13-18;1-2/h2-9H,10-13H2,1H3;1-2H3. The molecule has 0 unspecified atom stereocenters. The van der Waals surface area contributed by atoms with Gasteiger partial charge < -0.3 is 0 Å². The van der Waals surface area contributed by atoms with Crippen LogP contribution in [-0.4, -0.2) is 11.4 Å². The predicted octanol–water partition coefficient (Wildman–Crippen LogP) is 4.58. The number of aryl methyl sites for hydroxylation is 1.